The molecular formula is C29H22Cl2O2. The third-order valence-corrected chi connectivity index (χ3v) is 7.94. The highest BCUT2D eigenvalue weighted by molar-refractivity contribution is 6.30. The lowest BCUT2D eigenvalue weighted by Gasteiger charge is -2.29. The van der Waals surface area contributed by atoms with E-state index in [1.54, 1.807) is 0 Å². The molecule has 2 aliphatic carbocycles. The van der Waals surface area contributed by atoms with Gasteiger partial charge in [0, 0.05) is 37.7 Å². The summed E-state index contributed by atoms with van der Waals surface area (Å²) >= 11 is 12.2. The Morgan fingerprint density at radius 1 is 0.545 bits per heavy atom. The van der Waals surface area contributed by atoms with Gasteiger partial charge in [-0.3, -0.25) is 0 Å². The van der Waals surface area contributed by atoms with E-state index in [1.807, 2.05) is 60.7 Å². The van der Waals surface area contributed by atoms with Gasteiger partial charge in [-0.2, -0.15) is 0 Å². The molecular weight excluding hydrogens is 451 g/mol. The minimum Gasteiger partial charge on any atom is -0.507 e. The first kappa shape index (κ1) is 20.7. The summed E-state index contributed by atoms with van der Waals surface area (Å²) in [4.78, 5) is 0. The molecule has 0 heterocycles. The predicted molar refractivity (Wildman–Crippen MR) is 135 cm³/mol. The van der Waals surface area contributed by atoms with Crippen molar-refractivity contribution in [3.63, 3.8) is 0 Å². The summed E-state index contributed by atoms with van der Waals surface area (Å²) in [5.74, 6) is 0.632. The van der Waals surface area contributed by atoms with Crippen molar-refractivity contribution >= 4 is 23.2 Å². The second-order valence-electron chi connectivity index (χ2n) is 9.09. The number of phenols is 2. The van der Waals surface area contributed by atoms with Crippen LogP contribution in [0.2, 0.25) is 10.0 Å². The summed E-state index contributed by atoms with van der Waals surface area (Å²) in [6.07, 6.45) is 3.52. The van der Waals surface area contributed by atoms with Crippen LogP contribution >= 0.6 is 23.2 Å². The van der Waals surface area contributed by atoms with Gasteiger partial charge in [0.1, 0.15) is 11.5 Å². The number of aromatic hydroxyl groups is 2. The van der Waals surface area contributed by atoms with E-state index in [2.05, 4.69) is 12.1 Å². The fourth-order valence-corrected chi connectivity index (χ4v) is 6.17. The van der Waals surface area contributed by atoms with Crippen LogP contribution in [0.5, 0.6) is 11.5 Å². The van der Waals surface area contributed by atoms with Crippen LogP contribution in [0.3, 0.4) is 0 Å². The highest BCUT2D eigenvalue weighted by Gasteiger charge is 2.49. The molecule has 1 spiro atoms. The molecule has 0 saturated carbocycles. The molecule has 4 heteroatoms. The van der Waals surface area contributed by atoms with Crippen molar-refractivity contribution in [2.24, 2.45) is 0 Å². The molecule has 0 unspecified atom stereocenters. The summed E-state index contributed by atoms with van der Waals surface area (Å²) in [5, 5.41) is 24.5. The normalized spacial score (nSPS) is 15.6. The average Bonchev–Trinajstić information content (AvgIpc) is 3.38. The highest BCUT2D eigenvalue weighted by Crippen LogP contribution is 2.59. The Morgan fingerprint density at radius 3 is 1.33 bits per heavy atom. The highest BCUT2D eigenvalue weighted by atomic mass is 35.5. The summed E-state index contributed by atoms with van der Waals surface area (Å²) in [5.41, 5.74) is 7.34. The summed E-state index contributed by atoms with van der Waals surface area (Å²) in [6, 6.07) is 23.4. The number of aryl methyl sites for hydroxylation is 2. The number of hydrogen-bond acceptors (Lipinski definition) is 2. The summed E-state index contributed by atoms with van der Waals surface area (Å²) in [7, 11) is 0. The van der Waals surface area contributed by atoms with Gasteiger partial charge >= 0.3 is 0 Å². The van der Waals surface area contributed by atoms with Crippen LogP contribution in [0.1, 0.15) is 35.1 Å². The lowest BCUT2D eigenvalue weighted by molar-refractivity contribution is 0.418. The quantitative estimate of drug-likeness (QED) is 0.311. The molecule has 0 radical (unpaired) electrons. The Kier molecular flexibility index (Phi) is 4.72. The van der Waals surface area contributed by atoms with E-state index in [0.29, 0.717) is 21.5 Å². The van der Waals surface area contributed by atoms with E-state index >= 15 is 0 Å². The SMILES string of the molecule is Oc1c(-c2ccc(Cl)cc2)ccc2c1C1(CC2)CCc2ccc(-c3ccc(Cl)cc3)c(O)c21. The summed E-state index contributed by atoms with van der Waals surface area (Å²) < 4.78 is 0. The van der Waals surface area contributed by atoms with Gasteiger partial charge in [0.2, 0.25) is 0 Å². The molecule has 0 bridgehead atoms. The van der Waals surface area contributed by atoms with Gasteiger partial charge in [-0.05, 0) is 72.2 Å². The number of fused-ring (bicyclic) bond motifs is 4. The summed E-state index contributed by atoms with van der Waals surface area (Å²) in [6.45, 7) is 0. The number of halogens is 2. The maximum Gasteiger partial charge on any atom is 0.127 e. The topological polar surface area (TPSA) is 40.5 Å². The van der Waals surface area contributed by atoms with E-state index in [0.717, 1.165) is 70.2 Å². The van der Waals surface area contributed by atoms with E-state index < -0.39 is 0 Å². The van der Waals surface area contributed by atoms with Crippen LogP contribution in [0, 0.1) is 0 Å². The first-order valence-electron chi connectivity index (χ1n) is 11.2. The zero-order valence-electron chi connectivity index (χ0n) is 17.9. The van der Waals surface area contributed by atoms with Crippen molar-refractivity contribution in [2.75, 3.05) is 0 Å². The lowest BCUT2D eigenvalue weighted by atomic mass is 9.74. The third-order valence-electron chi connectivity index (χ3n) is 7.44. The van der Waals surface area contributed by atoms with Crippen molar-refractivity contribution in [2.45, 2.75) is 31.1 Å². The fourth-order valence-electron chi connectivity index (χ4n) is 5.92. The molecule has 0 aliphatic heterocycles. The molecule has 0 atom stereocenters. The monoisotopic (exact) mass is 472 g/mol. The van der Waals surface area contributed by atoms with Gasteiger partial charge in [-0.15, -0.1) is 0 Å². The van der Waals surface area contributed by atoms with Gasteiger partial charge in [-0.1, -0.05) is 71.7 Å². The van der Waals surface area contributed by atoms with Crippen LogP contribution in [0.15, 0.2) is 72.8 Å². The largest absolute Gasteiger partial charge is 0.507 e. The minimum atomic E-state index is -0.385. The Morgan fingerprint density at radius 2 is 0.939 bits per heavy atom. The van der Waals surface area contributed by atoms with Crippen LogP contribution in [0.4, 0.5) is 0 Å². The molecule has 4 aromatic rings. The molecule has 2 N–H and O–H groups in total. The Balaban J connectivity index is 1.54. The number of benzene rings is 4. The first-order valence-corrected chi connectivity index (χ1v) is 12.0. The van der Waals surface area contributed by atoms with Crippen LogP contribution in [-0.4, -0.2) is 10.2 Å². The molecule has 164 valence electrons. The van der Waals surface area contributed by atoms with Crippen molar-refractivity contribution in [3.8, 4) is 33.8 Å². The second-order valence-corrected chi connectivity index (χ2v) is 9.96. The molecule has 2 aliphatic rings. The van der Waals surface area contributed by atoms with Crippen molar-refractivity contribution in [3.05, 3.63) is 105 Å². The fraction of sp³-hybridized carbons (Fsp3) is 0.172. The van der Waals surface area contributed by atoms with Crippen LogP contribution < -0.4 is 0 Å². The van der Waals surface area contributed by atoms with Gasteiger partial charge < -0.3 is 10.2 Å². The molecule has 0 fully saturated rings. The number of hydrogen-bond donors (Lipinski definition) is 2. The molecule has 0 saturated heterocycles. The zero-order valence-corrected chi connectivity index (χ0v) is 19.4. The van der Waals surface area contributed by atoms with E-state index in [1.165, 1.54) is 0 Å². The Bertz CT molecular complexity index is 1280. The van der Waals surface area contributed by atoms with Crippen molar-refractivity contribution in [1.82, 2.24) is 0 Å². The van der Waals surface area contributed by atoms with Gasteiger partial charge in [0.15, 0.2) is 0 Å². The zero-order chi connectivity index (χ0) is 22.7. The Hall–Kier alpha value is -2.94. The number of phenolic OH excluding ortho intramolecular Hbond substituents is 2. The van der Waals surface area contributed by atoms with Gasteiger partial charge in [-0.25, -0.2) is 0 Å². The van der Waals surface area contributed by atoms with Crippen LogP contribution in [-0.2, 0) is 18.3 Å². The van der Waals surface area contributed by atoms with E-state index in [-0.39, 0.29) is 5.41 Å². The molecule has 4 aromatic carbocycles. The minimum absolute atomic E-state index is 0.316. The third kappa shape index (κ3) is 3.08. The number of rotatable bonds is 2. The molecule has 6 rings (SSSR count). The molecule has 0 amide bonds. The first-order chi connectivity index (χ1) is 16.0. The van der Waals surface area contributed by atoms with E-state index in [4.69, 9.17) is 23.2 Å². The van der Waals surface area contributed by atoms with Crippen molar-refractivity contribution < 1.29 is 10.2 Å². The van der Waals surface area contributed by atoms with Crippen LogP contribution in [0.25, 0.3) is 22.3 Å². The standard InChI is InChI=1S/C29H22Cl2O2/c30-21-7-1-17(2-8-21)23-11-5-19-13-15-29(25(19)27(23)32)16-14-20-6-12-24(28(33)26(20)29)18-3-9-22(31)10-4-18/h1-12,32-33H,13-16H2. The molecule has 33 heavy (non-hydrogen) atoms. The van der Waals surface area contributed by atoms with Gasteiger partial charge in [0.05, 0.1) is 0 Å². The predicted octanol–water partition coefficient (Wildman–Crippen LogP) is 7.92. The lowest BCUT2D eigenvalue weighted by Crippen LogP contribution is -2.21. The second kappa shape index (κ2) is 7.55. The maximum atomic E-state index is 11.6. The molecule has 2 nitrogen and oxygen atoms in total. The van der Waals surface area contributed by atoms with Gasteiger partial charge in [0.25, 0.3) is 0 Å². The van der Waals surface area contributed by atoms with Crippen molar-refractivity contribution in [1.29, 1.82) is 0 Å². The smallest absolute Gasteiger partial charge is 0.127 e. The molecule has 0 aromatic heterocycles. The average molecular weight is 473 g/mol. The van der Waals surface area contributed by atoms with E-state index in [9.17, 15) is 10.2 Å². The maximum absolute atomic E-state index is 11.6. The Labute approximate surface area is 203 Å².